The number of halogens is 1. The minimum Gasteiger partial charge on any atom is -0.380 e. The van der Waals surface area contributed by atoms with E-state index in [9.17, 15) is 4.79 Å². The number of ether oxygens (including phenoxy) is 1. The number of nitrogens with one attached hydrogen (secondary N) is 2. The van der Waals surface area contributed by atoms with Crippen LogP contribution < -0.4 is 5.32 Å². The monoisotopic (exact) mass is 448 g/mol. The van der Waals surface area contributed by atoms with E-state index in [-0.39, 0.29) is 5.91 Å². The third-order valence-electron chi connectivity index (χ3n) is 5.26. The molecule has 0 spiro atoms. The van der Waals surface area contributed by atoms with E-state index in [2.05, 4.69) is 25.3 Å². The number of H-pyrrole nitrogens is 1. The summed E-state index contributed by atoms with van der Waals surface area (Å²) in [5.74, 6) is 0.436. The van der Waals surface area contributed by atoms with E-state index in [0.717, 1.165) is 23.0 Å². The number of fused-ring (bicyclic) bond motifs is 1. The van der Waals surface area contributed by atoms with Crippen molar-refractivity contribution >= 4 is 40.0 Å². The predicted molar refractivity (Wildman–Crippen MR) is 123 cm³/mol. The van der Waals surface area contributed by atoms with E-state index < -0.39 is 0 Å². The Balaban J connectivity index is 1.36. The molecule has 0 bridgehead atoms. The number of rotatable bonds is 4. The number of nitrogens with zero attached hydrogens (tertiary/aromatic N) is 4. The van der Waals surface area contributed by atoms with Gasteiger partial charge in [-0.2, -0.15) is 0 Å². The molecular weight excluding hydrogens is 428 g/mol. The van der Waals surface area contributed by atoms with Crippen molar-refractivity contribution in [3.63, 3.8) is 0 Å². The van der Waals surface area contributed by atoms with Crippen LogP contribution in [-0.4, -0.2) is 57.0 Å². The van der Waals surface area contributed by atoms with E-state index >= 15 is 0 Å². The molecule has 4 heterocycles. The number of benzene rings is 1. The molecule has 5 rings (SSSR count). The number of amides is 1. The second-order valence-corrected chi connectivity index (χ2v) is 7.93. The smallest absolute Gasteiger partial charge is 0.270 e. The Kier molecular flexibility index (Phi) is 5.70. The van der Waals surface area contributed by atoms with Gasteiger partial charge in [-0.25, -0.2) is 9.97 Å². The standard InChI is InChI=1S/C23H21ClN6O2/c24-16-4-6-25-20(14-16)19-5-7-26-23(29-19)27-17-2-3-18-15(12-17)13-21(28-18)22(31)30-8-1-10-32-11-9-30/h2-7,12-14,28H,1,8-11H2,(H,26,27,29). The first-order valence-electron chi connectivity index (χ1n) is 10.4. The van der Waals surface area contributed by atoms with Gasteiger partial charge >= 0.3 is 0 Å². The Morgan fingerprint density at radius 1 is 1.03 bits per heavy atom. The Bertz CT molecular complexity index is 1270. The quantitative estimate of drug-likeness (QED) is 0.483. The fourth-order valence-electron chi connectivity index (χ4n) is 3.68. The zero-order chi connectivity index (χ0) is 21.9. The van der Waals surface area contributed by atoms with Crippen LogP contribution in [0.3, 0.4) is 0 Å². The van der Waals surface area contributed by atoms with Gasteiger partial charge in [-0.1, -0.05) is 11.6 Å². The van der Waals surface area contributed by atoms with Gasteiger partial charge in [0, 0.05) is 53.7 Å². The molecule has 2 N–H and O–H groups in total. The molecule has 3 aromatic heterocycles. The first-order chi connectivity index (χ1) is 15.7. The van der Waals surface area contributed by atoms with Crippen molar-refractivity contribution in [1.82, 2.24) is 24.8 Å². The lowest BCUT2D eigenvalue weighted by Crippen LogP contribution is -2.33. The zero-order valence-electron chi connectivity index (χ0n) is 17.2. The van der Waals surface area contributed by atoms with E-state index in [4.69, 9.17) is 16.3 Å². The highest BCUT2D eigenvalue weighted by atomic mass is 35.5. The molecule has 0 unspecified atom stereocenters. The largest absolute Gasteiger partial charge is 0.380 e. The average molecular weight is 449 g/mol. The van der Waals surface area contributed by atoms with Crippen molar-refractivity contribution < 1.29 is 9.53 Å². The Morgan fingerprint density at radius 3 is 2.84 bits per heavy atom. The first kappa shape index (κ1) is 20.4. The lowest BCUT2D eigenvalue weighted by atomic mass is 10.2. The molecule has 1 aliphatic heterocycles. The van der Waals surface area contributed by atoms with Crippen LogP contribution in [0.25, 0.3) is 22.3 Å². The number of carbonyl (C=O) groups excluding carboxylic acids is 1. The van der Waals surface area contributed by atoms with Crippen molar-refractivity contribution in [1.29, 1.82) is 0 Å². The van der Waals surface area contributed by atoms with Crippen LogP contribution >= 0.6 is 11.6 Å². The van der Waals surface area contributed by atoms with E-state index in [1.807, 2.05) is 29.2 Å². The highest BCUT2D eigenvalue weighted by molar-refractivity contribution is 6.30. The van der Waals surface area contributed by atoms with E-state index in [1.165, 1.54) is 0 Å². The normalized spacial score (nSPS) is 14.3. The molecule has 1 amide bonds. The highest BCUT2D eigenvalue weighted by Crippen LogP contribution is 2.24. The second kappa shape index (κ2) is 8.94. The fourth-order valence-corrected chi connectivity index (χ4v) is 3.84. The van der Waals surface area contributed by atoms with Crippen molar-refractivity contribution in [2.24, 2.45) is 0 Å². The van der Waals surface area contributed by atoms with Crippen LogP contribution in [0.1, 0.15) is 16.9 Å². The molecule has 0 saturated carbocycles. The summed E-state index contributed by atoms with van der Waals surface area (Å²) in [6.07, 6.45) is 4.16. The summed E-state index contributed by atoms with van der Waals surface area (Å²) in [7, 11) is 0. The topological polar surface area (TPSA) is 96.0 Å². The van der Waals surface area contributed by atoms with Gasteiger partial charge in [0.2, 0.25) is 5.95 Å². The third-order valence-corrected chi connectivity index (χ3v) is 5.49. The van der Waals surface area contributed by atoms with Crippen molar-refractivity contribution in [2.75, 3.05) is 31.6 Å². The summed E-state index contributed by atoms with van der Waals surface area (Å²) in [6.45, 7) is 2.58. The van der Waals surface area contributed by atoms with Crippen LogP contribution in [0.5, 0.6) is 0 Å². The number of hydrogen-bond acceptors (Lipinski definition) is 6. The predicted octanol–water partition coefficient (Wildman–Crippen LogP) is 4.28. The lowest BCUT2D eigenvalue weighted by Gasteiger charge is -2.18. The maximum absolute atomic E-state index is 12.9. The van der Waals surface area contributed by atoms with Gasteiger partial charge in [-0.15, -0.1) is 0 Å². The van der Waals surface area contributed by atoms with Gasteiger partial charge in [0.25, 0.3) is 5.91 Å². The SMILES string of the molecule is O=C(c1cc2cc(Nc3nccc(-c4cc(Cl)ccn4)n3)ccc2[nH]1)N1CCCOCC1. The molecule has 8 nitrogen and oxygen atoms in total. The van der Waals surface area contributed by atoms with Gasteiger partial charge in [0.05, 0.1) is 18.0 Å². The van der Waals surface area contributed by atoms with E-state index in [0.29, 0.717) is 54.4 Å². The molecular formula is C23H21ClN6O2. The van der Waals surface area contributed by atoms with Gasteiger partial charge in [-0.05, 0) is 48.9 Å². The number of aromatic amines is 1. The number of aromatic nitrogens is 4. The van der Waals surface area contributed by atoms with Crippen LogP contribution in [0, 0.1) is 0 Å². The van der Waals surface area contributed by atoms with Crippen molar-refractivity contribution in [3.8, 4) is 11.4 Å². The summed E-state index contributed by atoms with van der Waals surface area (Å²) in [5, 5.41) is 4.75. The summed E-state index contributed by atoms with van der Waals surface area (Å²) in [5.41, 5.74) is 3.62. The summed E-state index contributed by atoms with van der Waals surface area (Å²) < 4.78 is 5.45. The Morgan fingerprint density at radius 2 is 1.94 bits per heavy atom. The second-order valence-electron chi connectivity index (χ2n) is 7.49. The molecule has 0 radical (unpaired) electrons. The van der Waals surface area contributed by atoms with Gasteiger partial charge < -0.3 is 19.9 Å². The Labute approximate surface area is 189 Å². The molecule has 1 fully saturated rings. The number of anilines is 2. The molecule has 0 aliphatic carbocycles. The molecule has 1 aromatic carbocycles. The van der Waals surface area contributed by atoms with Crippen molar-refractivity contribution in [3.05, 3.63) is 65.6 Å². The van der Waals surface area contributed by atoms with Gasteiger partial charge in [-0.3, -0.25) is 9.78 Å². The molecule has 0 atom stereocenters. The third kappa shape index (κ3) is 4.42. The lowest BCUT2D eigenvalue weighted by molar-refractivity contribution is 0.0736. The summed E-state index contributed by atoms with van der Waals surface area (Å²) in [4.78, 5) is 31.1. The van der Waals surface area contributed by atoms with Crippen LogP contribution in [0.2, 0.25) is 5.02 Å². The summed E-state index contributed by atoms with van der Waals surface area (Å²) in [6, 6.07) is 12.9. The maximum atomic E-state index is 12.9. The minimum absolute atomic E-state index is 0.00809. The first-order valence-corrected chi connectivity index (χ1v) is 10.8. The van der Waals surface area contributed by atoms with Gasteiger partial charge in [0.15, 0.2) is 0 Å². The summed E-state index contributed by atoms with van der Waals surface area (Å²) >= 11 is 6.07. The van der Waals surface area contributed by atoms with Crippen molar-refractivity contribution in [2.45, 2.75) is 6.42 Å². The van der Waals surface area contributed by atoms with Crippen LogP contribution in [0.15, 0.2) is 54.9 Å². The van der Waals surface area contributed by atoms with Crippen LogP contribution in [0.4, 0.5) is 11.6 Å². The number of hydrogen-bond donors (Lipinski definition) is 2. The highest BCUT2D eigenvalue weighted by Gasteiger charge is 2.19. The van der Waals surface area contributed by atoms with Gasteiger partial charge in [0.1, 0.15) is 5.69 Å². The fraction of sp³-hybridized carbons (Fsp3) is 0.217. The van der Waals surface area contributed by atoms with Crippen LogP contribution in [-0.2, 0) is 4.74 Å². The zero-order valence-corrected chi connectivity index (χ0v) is 18.0. The minimum atomic E-state index is -0.00809. The number of pyridine rings is 1. The van der Waals surface area contributed by atoms with E-state index in [1.54, 1.807) is 30.6 Å². The molecule has 4 aromatic rings. The Hall–Kier alpha value is -3.49. The molecule has 32 heavy (non-hydrogen) atoms. The molecule has 1 saturated heterocycles. The molecule has 1 aliphatic rings. The maximum Gasteiger partial charge on any atom is 0.270 e. The molecule has 9 heteroatoms. The average Bonchev–Trinajstić information content (AvgIpc) is 3.04. The number of carbonyl (C=O) groups is 1. The molecule has 162 valence electrons.